The standard InChI is InChI=1S/C14H18Cl2O3/c1-14(2,6-4-5-12(17)19-3)9-7-10(15)13(18)11(16)8-9/h7-8,18H,4-6H2,1-3H3. The number of phenols is 1. The zero-order valence-corrected chi connectivity index (χ0v) is 12.8. The van der Waals surface area contributed by atoms with Gasteiger partial charge < -0.3 is 9.84 Å². The van der Waals surface area contributed by atoms with Crippen LogP contribution in [0.1, 0.15) is 38.7 Å². The number of hydrogen-bond acceptors (Lipinski definition) is 3. The first kappa shape index (κ1) is 16.1. The maximum Gasteiger partial charge on any atom is 0.305 e. The van der Waals surface area contributed by atoms with Crippen LogP contribution in [0.2, 0.25) is 10.0 Å². The topological polar surface area (TPSA) is 46.5 Å². The predicted octanol–water partition coefficient (Wildman–Crippen LogP) is 4.32. The molecule has 19 heavy (non-hydrogen) atoms. The molecule has 1 aromatic carbocycles. The smallest absolute Gasteiger partial charge is 0.305 e. The number of benzene rings is 1. The first-order valence-electron chi connectivity index (χ1n) is 6.03. The minimum atomic E-state index is -0.211. The van der Waals surface area contributed by atoms with Gasteiger partial charge in [-0.3, -0.25) is 4.79 Å². The Kier molecular flexibility index (Phi) is 5.50. The van der Waals surface area contributed by atoms with Gasteiger partial charge in [0.1, 0.15) is 0 Å². The number of carbonyl (C=O) groups is 1. The van der Waals surface area contributed by atoms with Gasteiger partial charge in [0.15, 0.2) is 5.75 Å². The van der Waals surface area contributed by atoms with E-state index in [1.165, 1.54) is 7.11 Å². The molecule has 106 valence electrons. The maximum atomic E-state index is 11.1. The van der Waals surface area contributed by atoms with E-state index in [-0.39, 0.29) is 27.2 Å². The lowest BCUT2D eigenvalue weighted by Crippen LogP contribution is -2.17. The molecule has 0 aliphatic carbocycles. The molecule has 0 aliphatic rings. The molecule has 0 fully saturated rings. The summed E-state index contributed by atoms with van der Waals surface area (Å²) in [7, 11) is 1.38. The summed E-state index contributed by atoms with van der Waals surface area (Å²) in [6.07, 6.45) is 1.90. The fourth-order valence-electron chi connectivity index (χ4n) is 1.88. The Morgan fingerprint density at radius 1 is 1.32 bits per heavy atom. The average molecular weight is 305 g/mol. The molecule has 0 heterocycles. The van der Waals surface area contributed by atoms with E-state index in [9.17, 15) is 9.90 Å². The third-order valence-corrected chi connectivity index (χ3v) is 3.78. The highest BCUT2D eigenvalue weighted by atomic mass is 35.5. The predicted molar refractivity (Wildman–Crippen MR) is 77.0 cm³/mol. The van der Waals surface area contributed by atoms with Gasteiger partial charge in [0.05, 0.1) is 17.2 Å². The van der Waals surface area contributed by atoms with Gasteiger partial charge in [-0.2, -0.15) is 0 Å². The third kappa shape index (κ3) is 4.29. The molecule has 0 radical (unpaired) electrons. The monoisotopic (exact) mass is 304 g/mol. The maximum absolute atomic E-state index is 11.1. The van der Waals surface area contributed by atoms with Crippen molar-refractivity contribution in [3.63, 3.8) is 0 Å². The molecule has 3 nitrogen and oxygen atoms in total. The lowest BCUT2D eigenvalue weighted by atomic mass is 9.80. The van der Waals surface area contributed by atoms with Gasteiger partial charge in [0.25, 0.3) is 0 Å². The van der Waals surface area contributed by atoms with Crippen molar-refractivity contribution in [1.29, 1.82) is 0 Å². The molecule has 0 bridgehead atoms. The fourth-order valence-corrected chi connectivity index (χ4v) is 2.36. The van der Waals surface area contributed by atoms with Crippen LogP contribution in [0.5, 0.6) is 5.75 Å². The van der Waals surface area contributed by atoms with Crippen molar-refractivity contribution in [3.05, 3.63) is 27.7 Å². The van der Waals surface area contributed by atoms with E-state index >= 15 is 0 Å². The second kappa shape index (κ2) is 6.49. The molecule has 0 amide bonds. The van der Waals surface area contributed by atoms with Crippen molar-refractivity contribution < 1.29 is 14.6 Å². The van der Waals surface area contributed by atoms with E-state index in [1.54, 1.807) is 12.1 Å². The van der Waals surface area contributed by atoms with Crippen molar-refractivity contribution in [1.82, 2.24) is 0 Å². The zero-order chi connectivity index (χ0) is 14.6. The van der Waals surface area contributed by atoms with Crippen LogP contribution in [0, 0.1) is 0 Å². The Bertz CT molecular complexity index is 447. The summed E-state index contributed by atoms with van der Waals surface area (Å²) in [4.78, 5) is 11.1. The Morgan fingerprint density at radius 3 is 2.32 bits per heavy atom. The molecular formula is C14H18Cl2O3. The SMILES string of the molecule is COC(=O)CCCC(C)(C)c1cc(Cl)c(O)c(Cl)c1. The molecule has 0 saturated heterocycles. The average Bonchev–Trinajstić information content (AvgIpc) is 2.34. The number of methoxy groups -OCH3 is 1. The second-order valence-corrected chi connectivity index (χ2v) is 5.92. The van der Waals surface area contributed by atoms with Gasteiger partial charge in [-0.15, -0.1) is 0 Å². The number of phenolic OH excluding ortho intramolecular Hbond substituents is 1. The first-order valence-corrected chi connectivity index (χ1v) is 6.79. The van der Waals surface area contributed by atoms with Gasteiger partial charge in [-0.25, -0.2) is 0 Å². The Balaban J connectivity index is 2.79. The molecule has 1 aromatic rings. The molecule has 5 heteroatoms. The zero-order valence-electron chi connectivity index (χ0n) is 11.3. The normalized spacial score (nSPS) is 11.4. The summed E-state index contributed by atoms with van der Waals surface area (Å²) < 4.78 is 4.61. The van der Waals surface area contributed by atoms with Crippen LogP contribution in [0.25, 0.3) is 0 Å². The van der Waals surface area contributed by atoms with Crippen molar-refractivity contribution in [2.24, 2.45) is 0 Å². The van der Waals surface area contributed by atoms with Crippen LogP contribution in [0.3, 0.4) is 0 Å². The van der Waals surface area contributed by atoms with Crippen molar-refractivity contribution in [2.75, 3.05) is 7.11 Å². The van der Waals surface area contributed by atoms with E-state index in [0.717, 1.165) is 18.4 Å². The van der Waals surface area contributed by atoms with Gasteiger partial charge >= 0.3 is 5.97 Å². The number of ether oxygens (including phenoxy) is 1. The van der Waals surface area contributed by atoms with Gasteiger partial charge in [-0.05, 0) is 36.0 Å². The number of hydrogen-bond donors (Lipinski definition) is 1. The van der Waals surface area contributed by atoms with Crippen molar-refractivity contribution in [2.45, 2.75) is 38.5 Å². The minimum absolute atomic E-state index is 0.0996. The molecule has 0 aromatic heterocycles. The quantitative estimate of drug-likeness (QED) is 0.824. The van der Waals surface area contributed by atoms with Crippen LogP contribution in [-0.4, -0.2) is 18.2 Å². The van der Waals surface area contributed by atoms with Crippen LogP contribution in [0.4, 0.5) is 0 Å². The highest BCUT2D eigenvalue weighted by Crippen LogP contribution is 2.38. The van der Waals surface area contributed by atoms with Crippen LogP contribution in [0.15, 0.2) is 12.1 Å². The highest BCUT2D eigenvalue weighted by Gasteiger charge is 2.23. The van der Waals surface area contributed by atoms with Crippen LogP contribution < -0.4 is 0 Å². The summed E-state index contributed by atoms with van der Waals surface area (Å²) in [5.41, 5.74) is 0.750. The minimum Gasteiger partial charge on any atom is -0.505 e. The van der Waals surface area contributed by atoms with E-state index in [0.29, 0.717) is 6.42 Å². The Morgan fingerprint density at radius 2 is 1.84 bits per heavy atom. The van der Waals surface area contributed by atoms with Gasteiger partial charge in [-0.1, -0.05) is 37.0 Å². The first-order chi connectivity index (χ1) is 8.77. The largest absolute Gasteiger partial charge is 0.505 e. The summed E-state index contributed by atoms with van der Waals surface area (Å²) >= 11 is 11.8. The molecule has 0 atom stereocenters. The Hall–Kier alpha value is -0.930. The van der Waals surface area contributed by atoms with E-state index in [4.69, 9.17) is 23.2 Å². The third-order valence-electron chi connectivity index (χ3n) is 3.21. The Labute approximate surface area is 123 Å². The summed E-state index contributed by atoms with van der Waals surface area (Å²) in [5, 5.41) is 10.0. The summed E-state index contributed by atoms with van der Waals surface area (Å²) in [5.74, 6) is -0.310. The molecule has 0 saturated carbocycles. The number of halogens is 2. The lowest BCUT2D eigenvalue weighted by molar-refractivity contribution is -0.140. The van der Waals surface area contributed by atoms with Crippen LogP contribution in [-0.2, 0) is 14.9 Å². The molecule has 0 spiro atoms. The molecule has 0 aliphatic heterocycles. The lowest BCUT2D eigenvalue weighted by Gasteiger charge is -2.26. The van der Waals surface area contributed by atoms with Gasteiger partial charge in [0.2, 0.25) is 0 Å². The number of rotatable bonds is 5. The summed E-state index contributed by atoms with van der Waals surface area (Å²) in [6, 6.07) is 3.42. The molecular weight excluding hydrogens is 287 g/mol. The highest BCUT2D eigenvalue weighted by molar-refractivity contribution is 6.37. The second-order valence-electron chi connectivity index (χ2n) is 5.10. The number of esters is 1. The number of aromatic hydroxyl groups is 1. The van der Waals surface area contributed by atoms with Crippen LogP contribution >= 0.6 is 23.2 Å². The molecule has 0 unspecified atom stereocenters. The van der Waals surface area contributed by atoms with E-state index < -0.39 is 0 Å². The fraction of sp³-hybridized carbons (Fsp3) is 0.500. The number of carbonyl (C=O) groups excluding carboxylic acids is 1. The van der Waals surface area contributed by atoms with Crippen molar-refractivity contribution in [3.8, 4) is 5.75 Å². The van der Waals surface area contributed by atoms with E-state index in [1.807, 2.05) is 13.8 Å². The molecule has 1 rings (SSSR count). The van der Waals surface area contributed by atoms with Crippen molar-refractivity contribution >= 4 is 29.2 Å². The summed E-state index contributed by atoms with van der Waals surface area (Å²) in [6.45, 7) is 4.09. The molecule has 1 N–H and O–H groups in total. The van der Waals surface area contributed by atoms with Gasteiger partial charge in [0, 0.05) is 6.42 Å². The van der Waals surface area contributed by atoms with E-state index in [2.05, 4.69) is 4.74 Å².